The molecule has 0 aromatic rings. The number of allylic oxidation sites excluding steroid dienone is 18. The summed E-state index contributed by atoms with van der Waals surface area (Å²) in [6.45, 7) is 16.1. The highest BCUT2D eigenvalue weighted by Crippen LogP contribution is 2.17. The van der Waals surface area contributed by atoms with E-state index in [4.69, 9.17) is 106 Å². The van der Waals surface area contributed by atoms with Crippen molar-refractivity contribution in [2.75, 3.05) is 39.6 Å². The molecule has 116 heavy (non-hydrogen) atoms. The molecule has 0 spiro atoms. The molecule has 0 unspecified atom stereocenters. The molecule has 0 amide bonds. The summed E-state index contributed by atoms with van der Waals surface area (Å²) < 4.78 is 291. The van der Waals surface area contributed by atoms with E-state index in [1.807, 2.05) is 6.92 Å². The Morgan fingerprint density at radius 1 is 0.284 bits per heavy atom. The predicted octanol–water partition coefficient (Wildman–Crippen LogP) is 39.5. The number of hydrogen-bond acceptors (Lipinski definition) is 12. The average molecular weight is 1740 g/mol. The zero-order chi connectivity index (χ0) is 135. The topological polar surface area (TPSA) is 158 Å². The summed E-state index contributed by atoms with van der Waals surface area (Å²) in [4.78, 5) is 68.5. The van der Waals surface area contributed by atoms with Crippen molar-refractivity contribution >= 4 is 35.8 Å². The third kappa shape index (κ3) is 115. The number of unbranched alkanes of at least 4 members (excludes halogenated alkanes) is 23. The zero-order valence-electron chi connectivity index (χ0n) is 126. The van der Waals surface area contributed by atoms with Crippen LogP contribution in [-0.4, -0.2) is 75.5 Å². The van der Waals surface area contributed by atoms with Gasteiger partial charge in [0.25, 0.3) is 0 Å². The van der Waals surface area contributed by atoms with Crippen LogP contribution in [0.3, 0.4) is 0 Å². The highest BCUT2D eigenvalue weighted by molar-refractivity contribution is 5.71. The summed E-state index contributed by atoms with van der Waals surface area (Å²) >= 11 is 0. The lowest BCUT2D eigenvalue weighted by molar-refractivity contribution is -0.144. The highest BCUT2D eigenvalue weighted by atomic mass is 16.5. The first-order chi connectivity index (χ1) is 81.6. The summed E-state index contributed by atoms with van der Waals surface area (Å²) in [5.74, 6) is -0.0667. The van der Waals surface area contributed by atoms with Gasteiger partial charge < -0.3 is 28.4 Å². The number of carbonyl (C=O) groups is 6. The van der Waals surface area contributed by atoms with Gasteiger partial charge in [0.05, 0.1) is 39.6 Å². The second kappa shape index (κ2) is 112. The molecule has 3 heterocycles. The van der Waals surface area contributed by atoms with Crippen LogP contribution in [0.15, 0.2) is 109 Å². The van der Waals surface area contributed by atoms with Crippen LogP contribution in [0.25, 0.3) is 0 Å². The number of carbonyl (C=O) groups excluding carboxylic acids is 6. The van der Waals surface area contributed by atoms with E-state index in [1.165, 1.54) is 199 Å². The van der Waals surface area contributed by atoms with E-state index in [9.17, 15) is 28.8 Å². The Morgan fingerprint density at radius 2 is 0.491 bits per heavy atom. The van der Waals surface area contributed by atoms with Gasteiger partial charge in [-0.2, -0.15) is 0 Å². The van der Waals surface area contributed by atoms with Crippen LogP contribution in [-0.2, 0) is 57.2 Å². The van der Waals surface area contributed by atoms with Crippen molar-refractivity contribution in [3.63, 3.8) is 0 Å². The standard InChI is InChI=1S/C20H36O2.C19H34O2.C18H32O2.C16H28O2.2C14H24O2.3CH4.28H2/c1-3-5-7-9-11-13-15-17-19-22-20(21)18-16-14-12-10-8-6-4-2;1-3-5-7-9-11-13-15-17-19(20)21-18-16-14-12-10-8-6-4-2;1-3-5-7-9-11-12-14-16-18(19)20-17-15-13-10-8-6-4-2;17-16-14-12-10-8-6-4-2-1-3-5-7-9-11-13-15-18-16;2*15-14-12-10-8-6-4-2-1-3-5-7-9-11-13-16-14;;;;;;;;;;;;;;;;;;;;;;;;;;;;;;;/h3-6H,7-19H2,1-2H3;3,5-6,8H,4,7,9-18H2,1-2H3;3-6H,7-17H2,1-2H3;1-2H,3-15H2;2*1,3H,2,4-13H2;3*1H4;28*1H/b5-3+,6-4+;5-3+,8-6-;5-3+,6-4+;;;;;;;;;;;;;;;;;;;;;;;;;;;;;;;;;;/i;;;;;;;;;26*1+1D;2*1+1. The molecule has 3 rings (SSSR count). The Bertz CT molecular complexity index is 2340. The van der Waals surface area contributed by atoms with Crippen LogP contribution in [0.1, 0.15) is 561 Å². The van der Waals surface area contributed by atoms with E-state index in [0.29, 0.717) is 78.2 Å². The maximum atomic E-state index is 11.5. The summed E-state index contributed by atoms with van der Waals surface area (Å²) in [6, 6.07) is 0. The molecule has 0 saturated heterocycles. The number of hydrogen-bond donors (Lipinski definition) is 0. The molecule has 0 aromatic heterocycles. The second-order valence-corrected chi connectivity index (χ2v) is 30.7. The zero-order valence-corrected chi connectivity index (χ0v) is 74.5. The van der Waals surface area contributed by atoms with Gasteiger partial charge in [0.1, 0.15) is 0 Å². The normalized spacial score (nSPS) is 17.5. The fraction of sp³-hybridized carbons (Fsp3) is 0.769. The van der Waals surface area contributed by atoms with Gasteiger partial charge >= 0.3 is 35.8 Å². The summed E-state index contributed by atoms with van der Waals surface area (Å²) in [5, 5.41) is 0. The Kier molecular flexibility index (Phi) is 74.8. The molecule has 0 atom stereocenters. The van der Waals surface area contributed by atoms with Crippen LogP contribution >= 0.6 is 0 Å². The maximum absolute atomic E-state index is 11.5. The summed E-state index contributed by atoms with van der Waals surface area (Å²) in [5.41, 5.74) is 0. The van der Waals surface area contributed by atoms with Gasteiger partial charge in [-0.05, 0) is 298 Å². The first-order valence-electron chi connectivity index (χ1n) is 73.2. The molecule has 0 aromatic carbocycles. The number of cyclic esters (lactones) is 3. The van der Waals surface area contributed by atoms with Crippen molar-refractivity contribution in [2.45, 2.75) is 481 Å². The first kappa shape index (κ1) is 77.8. The molecule has 12 heteroatoms. The van der Waals surface area contributed by atoms with Crippen molar-refractivity contribution in [1.82, 2.24) is 0 Å². The summed E-state index contributed by atoms with van der Waals surface area (Å²) in [7, 11) is 0. The van der Waals surface area contributed by atoms with Crippen LogP contribution < -0.4 is 0 Å². The quantitative estimate of drug-likeness (QED) is 0.0247. The van der Waals surface area contributed by atoms with Crippen molar-refractivity contribution in [3.8, 4) is 0 Å². The molecule has 3 aliphatic heterocycles. The SMILES string of the molecule is C.C.C.C/C=C/CCCCCCC(=O)OCCCCC/C=C/C.C/C=C/CCCCCCC(=O)OCCCCC/C=C\CC.C/C=C/CCCCCCCOC(=O)CCCCCC/C=C/C.O=C1CCCCCCC=CCCCCCCCO1.O=C1CCCCCCC=CCCCCCO1.O=C1CCCCCCC=CCCCCCO1.[2HH].[2HH].[2H][2H].[2H][2H].[2H][2H].[2H][2H].[2H][2H].[2H][2H].[2H][2H].[2H][2H].[2H][2H].[2H][2H].[2H][2H].[2H][2H].[2H][2H].[2H][2H].[2H][2H].[2H][2H].[2H][2H].[2H][2H].[2H][2H].[2H][2H].[2H][2H].[2H][2H].[2H][2H].[2H][2H].[2H][2H].[2H][2H]. The molecular weight excluding hydrogens is 1440 g/mol. The second-order valence-electron chi connectivity index (χ2n) is 30.7. The lowest BCUT2D eigenvalue weighted by atomic mass is 10.1. The monoisotopic (exact) mass is 1740 g/mol. The van der Waals surface area contributed by atoms with Crippen molar-refractivity contribution in [2.24, 2.45) is 0 Å². The largest absolute Gasteiger partial charge is 0.466 e. The minimum absolute atomic E-state index is 0. The molecule has 0 aliphatic carbocycles. The Morgan fingerprint density at radius 3 is 0.759 bits per heavy atom. The lowest BCUT2D eigenvalue weighted by Gasteiger charge is -2.05. The van der Waals surface area contributed by atoms with Crippen LogP contribution in [0.2, 0.25) is 0 Å². The van der Waals surface area contributed by atoms with E-state index in [1.54, 1.807) is 0 Å². The minimum atomic E-state index is -0.0214. The van der Waals surface area contributed by atoms with Gasteiger partial charge in [0.15, 0.2) is 0 Å². The highest BCUT2D eigenvalue weighted by Gasteiger charge is 2.09. The first-order valence-corrected chi connectivity index (χ1v) is 47.2. The Balaban J connectivity index is -0.0000000376. The van der Waals surface area contributed by atoms with Gasteiger partial charge in [-0.3, -0.25) is 28.8 Å². The Labute approximate surface area is 802 Å². The van der Waals surface area contributed by atoms with E-state index >= 15 is 0 Å². The van der Waals surface area contributed by atoms with Crippen molar-refractivity contribution in [3.05, 3.63) is 109 Å². The van der Waals surface area contributed by atoms with Gasteiger partial charge in [-0.1, -0.05) is 254 Å². The van der Waals surface area contributed by atoms with E-state index < -0.39 is 0 Å². The van der Waals surface area contributed by atoms with Gasteiger partial charge in [0.2, 0.25) is 0 Å². The fourth-order valence-electron chi connectivity index (χ4n) is 12.6. The lowest BCUT2D eigenvalue weighted by Crippen LogP contribution is -2.05. The van der Waals surface area contributed by atoms with Crippen LogP contribution in [0.4, 0.5) is 0 Å². The molecule has 0 fully saturated rings. The smallest absolute Gasteiger partial charge is 0.305 e. The van der Waals surface area contributed by atoms with Crippen molar-refractivity contribution < 1.29 is 137 Å². The van der Waals surface area contributed by atoms with E-state index in [2.05, 4.69) is 144 Å². The number of ether oxygens (including phenoxy) is 6. The summed E-state index contributed by atoms with van der Waals surface area (Å²) in [6.07, 6.45) is 112. The molecule has 0 radical (unpaired) electrons. The molecule has 0 N–H and O–H groups in total. The molecule has 0 saturated carbocycles. The Hall–Kier alpha value is -5.52. The third-order valence-corrected chi connectivity index (χ3v) is 19.8. The van der Waals surface area contributed by atoms with Gasteiger partial charge in [0, 0.05) is 119 Å². The van der Waals surface area contributed by atoms with Crippen molar-refractivity contribution in [1.29, 1.82) is 0 Å². The molecule has 734 valence electrons. The fourth-order valence-corrected chi connectivity index (χ4v) is 12.6. The molecule has 12 nitrogen and oxygen atoms in total. The number of esters is 6. The van der Waals surface area contributed by atoms with Crippen LogP contribution in [0.5, 0.6) is 0 Å². The van der Waals surface area contributed by atoms with E-state index in [-0.39, 0.29) is 60.9 Å². The predicted molar refractivity (Wildman–Crippen MR) is 562 cm³/mol. The van der Waals surface area contributed by atoms with E-state index in [0.717, 1.165) is 180 Å². The van der Waals surface area contributed by atoms with Crippen LogP contribution in [0, 0.1) is 0 Å². The van der Waals surface area contributed by atoms with Gasteiger partial charge in [-0.15, -0.1) is 0 Å². The number of rotatable bonds is 42. The minimum Gasteiger partial charge on any atom is -0.466 e. The molecule has 0 bridgehead atoms. The third-order valence-electron chi connectivity index (χ3n) is 19.8. The molecular formula is C104H246O12. The maximum Gasteiger partial charge on any atom is 0.305 e. The molecule has 3 aliphatic rings. The average Bonchev–Trinajstić information content (AvgIpc) is 1.61. The van der Waals surface area contributed by atoms with Gasteiger partial charge in [-0.25, -0.2) is 0 Å².